The molecule has 2 amide bonds. The van der Waals surface area contributed by atoms with Gasteiger partial charge in [0.15, 0.2) is 0 Å². The van der Waals surface area contributed by atoms with Crippen LogP contribution in [0.2, 0.25) is 0 Å². The topological polar surface area (TPSA) is 61.8 Å². The summed E-state index contributed by atoms with van der Waals surface area (Å²) in [6.07, 6.45) is 5.57. The summed E-state index contributed by atoms with van der Waals surface area (Å²) in [5, 5.41) is 12.2. The molecular weight excluding hydrogens is 280 g/mol. The van der Waals surface area contributed by atoms with Crippen LogP contribution in [0.15, 0.2) is 18.2 Å². The Morgan fingerprint density at radius 1 is 1.36 bits per heavy atom. The zero-order chi connectivity index (χ0) is 15.9. The summed E-state index contributed by atoms with van der Waals surface area (Å²) in [7, 11) is 1.61. The lowest BCUT2D eigenvalue weighted by molar-refractivity contribution is 0.144. The Hall–Kier alpha value is -1.75. The van der Waals surface area contributed by atoms with Gasteiger partial charge in [-0.25, -0.2) is 4.79 Å². The quantitative estimate of drug-likeness (QED) is 0.878. The van der Waals surface area contributed by atoms with Gasteiger partial charge in [0.1, 0.15) is 5.75 Å². The van der Waals surface area contributed by atoms with E-state index in [2.05, 4.69) is 5.32 Å². The third kappa shape index (κ3) is 4.13. The number of methoxy groups -OCH3 is 1. The fraction of sp³-hybridized carbons (Fsp3) is 0.588. The zero-order valence-electron chi connectivity index (χ0n) is 13.5. The number of benzene rings is 1. The lowest BCUT2D eigenvalue weighted by Gasteiger charge is -2.34. The van der Waals surface area contributed by atoms with Crippen molar-refractivity contribution in [3.63, 3.8) is 0 Å². The van der Waals surface area contributed by atoms with Crippen molar-refractivity contribution in [1.29, 1.82) is 0 Å². The molecule has 2 rings (SSSR count). The number of aliphatic hydroxyl groups excluding tert-OH is 1. The normalized spacial score (nSPS) is 15.4. The highest BCUT2D eigenvalue weighted by atomic mass is 16.5. The SMILES string of the molecule is COc1ccc(C)c(NC(=O)N(CCO)C2CCCCC2)c1. The second kappa shape index (κ2) is 8.03. The fourth-order valence-electron chi connectivity index (χ4n) is 3.00. The van der Waals surface area contributed by atoms with E-state index < -0.39 is 0 Å². The number of amides is 2. The summed E-state index contributed by atoms with van der Waals surface area (Å²) >= 11 is 0. The van der Waals surface area contributed by atoms with Crippen LogP contribution >= 0.6 is 0 Å². The van der Waals surface area contributed by atoms with Crippen molar-refractivity contribution in [3.05, 3.63) is 23.8 Å². The van der Waals surface area contributed by atoms with E-state index in [-0.39, 0.29) is 18.7 Å². The highest BCUT2D eigenvalue weighted by Crippen LogP contribution is 2.25. The van der Waals surface area contributed by atoms with E-state index in [0.29, 0.717) is 12.3 Å². The zero-order valence-corrected chi connectivity index (χ0v) is 13.5. The second-order valence-electron chi connectivity index (χ2n) is 5.82. The maximum atomic E-state index is 12.6. The highest BCUT2D eigenvalue weighted by Gasteiger charge is 2.25. The Morgan fingerprint density at radius 3 is 2.73 bits per heavy atom. The summed E-state index contributed by atoms with van der Waals surface area (Å²) in [5.74, 6) is 0.715. The molecule has 0 bridgehead atoms. The molecule has 0 unspecified atom stereocenters. The molecule has 0 heterocycles. The molecule has 1 aromatic rings. The summed E-state index contributed by atoms with van der Waals surface area (Å²) in [4.78, 5) is 14.4. The number of aryl methyl sites for hydroxylation is 1. The number of nitrogens with zero attached hydrogens (tertiary/aromatic N) is 1. The molecule has 22 heavy (non-hydrogen) atoms. The predicted octanol–water partition coefficient (Wildman–Crippen LogP) is 3.16. The summed E-state index contributed by atoms with van der Waals surface area (Å²) in [6.45, 7) is 2.31. The molecular formula is C17H26N2O3. The van der Waals surface area contributed by atoms with Gasteiger partial charge in [0, 0.05) is 24.3 Å². The highest BCUT2D eigenvalue weighted by molar-refractivity contribution is 5.90. The van der Waals surface area contributed by atoms with Crippen molar-refractivity contribution in [3.8, 4) is 5.75 Å². The average molecular weight is 306 g/mol. The van der Waals surface area contributed by atoms with Crippen molar-refractivity contribution in [2.45, 2.75) is 45.1 Å². The molecule has 1 aliphatic rings. The number of hydrogen-bond acceptors (Lipinski definition) is 3. The van der Waals surface area contributed by atoms with Gasteiger partial charge < -0.3 is 20.1 Å². The minimum atomic E-state index is -0.141. The van der Waals surface area contributed by atoms with Crippen LogP contribution in [0.1, 0.15) is 37.7 Å². The Kier molecular flexibility index (Phi) is 6.07. The molecule has 0 aromatic heterocycles. The summed E-state index contributed by atoms with van der Waals surface area (Å²) in [6, 6.07) is 5.71. The number of carbonyl (C=O) groups is 1. The van der Waals surface area contributed by atoms with E-state index in [9.17, 15) is 9.90 Å². The standard InChI is InChI=1S/C17H26N2O3/c1-13-8-9-15(22-2)12-16(13)18-17(21)19(10-11-20)14-6-4-3-5-7-14/h8-9,12,14,20H,3-7,10-11H2,1-2H3,(H,18,21). The summed E-state index contributed by atoms with van der Waals surface area (Å²) in [5.41, 5.74) is 1.74. The lowest BCUT2D eigenvalue weighted by atomic mass is 9.94. The van der Waals surface area contributed by atoms with Gasteiger partial charge in [0.2, 0.25) is 0 Å². The maximum Gasteiger partial charge on any atom is 0.322 e. The summed E-state index contributed by atoms with van der Waals surface area (Å²) < 4.78 is 5.21. The number of nitrogens with one attached hydrogen (secondary N) is 1. The Balaban J connectivity index is 2.10. The molecule has 1 aromatic carbocycles. The predicted molar refractivity (Wildman–Crippen MR) is 87.4 cm³/mol. The van der Waals surface area contributed by atoms with Crippen molar-refractivity contribution >= 4 is 11.7 Å². The molecule has 0 radical (unpaired) electrons. The van der Waals surface area contributed by atoms with E-state index in [1.54, 1.807) is 12.0 Å². The molecule has 0 saturated heterocycles. The minimum Gasteiger partial charge on any atom is -0.497 e. The molecule has 1 saturated carbocycles. The minimum absolute atomic E-state index is 0.0129. The van der Waals surface area contributed by atoms with Crippen LogP contribution < -0.4 is 10.1 Å². The van der Waals surface area contributed by atoms with Crippen molar-refractivity contribution in [2.75, 3.05) is 25.6 Å². The Bertz CT molecular complexity index is 499. The smallest absolute Gasteiger partial charge is 0.322 e. The van der Waals surface area contributed by atoms with Crippen LogP contribution in [0.4, 0.5) is 10.5 Å². The molecule has 2 N–H and O–H groups in total. The first-order valence-electron chi connectivity index (χ1n) is 7.99. The van der Waals surface area contributed by atoms with E-state index in [1.165, 1.54) is 6.42 Å². The van der Waals surface area contributed by atoms with E-state index >= 15 is 0 Å². The number of urea groups is 1. The van der Waals surface area contributed by atoms with Gasteiger partial charge in [0.05, 0.1) is 13.7 Å². The third-order valence-corrected chi connectivity index (χ3v) is 4.30. The third-order valence-electron chi connectivity index (χ3n) is 4.30. The van der Waals surface area contributed by atoms with Crippen LogP contribution in [-0.2, 0) is 0 Å². The van der Waals surface area contributed by atoms with E-state index in [4.69, 9.17) is 4.74 Å². The van der Waals surface area contributed by atoms with Crippen molar-refractivity contribution in [2.24, 2.45) is 0 Å². The largest absolute Gasteiger partial charge is 0.497 e. The first kappa shape index (κ1) is 16.6. The second-order valence-corrected chi connectivity index (χ2v) is 5.82. The Labute approximate surface area is 132 Å². The molecule has 0 spiro atoms. The van der Waals surface area contributed by atoms with Gasteiger partial charge in [0.25, 0.3) is 0 Å². The van der Waals surface area contributed by atoms with Gasteiger partial charge >= 0.3 is 6.03 Å². The van der Waals surface area contributed by atoms with Crippen molar-refractivity contribution in [1.82, 2.24) is 4.90 Å². The van der Waals surface area contributed by atoms with Gasteiger partial charge in [-0.1, -0.05) is 25.3 Å². The van der Waals surface area contributed by atoms with Gasteiger partial charge in [-0.2, -0.15) is 0 Å². The number of aliphatic hydroxyl groups is 1. The van der Waals surface area contributed by atoms with E-state index in [1.807, 2.05) is 25.1 Å². The fourth-order valence-corrected chi connectivity index (χ4v) is 3.00. The lowest BCUT2D eigenvalue weighted by Crippen LogP contribution is -2.45. The number of rotatable bonds is 5. The monoisotopic (exact) mass is 306 g/mol. The average Bonchev–Trinajstić information content (AvgIpc) is 2.55. The van der Waals surface area contributed by atoms with Gasteiger partial charge in [-0.15, -0.1) is 0 Å². The molecule has 5 nitrogen and oxygen atoms in total. The molecule has 1 fully saturated rings. The van der Waals surface area contributed by atoms with Crippen LogP contribution in [0.25, 0.3) is 0 Å². The van der Waals surface area contributed by atoms with Crippen LogP contribution in [0.3, 0.4) is 0 Å². The van der Waals surface area contributed by atoms with Crippen molar-refractivity contribution < 1.29 is 14.6 Å². The maximum absolute atomic E-state index is 12.6. The number of anilines is 1. The number of ether oxygens (including phenoxy) is 1. The first-order valence-corrected chi connectivity index (χ1v) is 7.99. The molecule has 5 heteroatoms. The number of carbonyl (C=O) groups excluding carboxylic acids is 1. The van der Waals surface area contributed by atoms with Gasteiger partial charge in [-0.05, 0) is 31.4 Å². The molecule has 0 aliphatic heterocycles. The van der Waals surface area contributed by atoms with Gasteiger partial charge in [-0.3, -0.25) is 0 Å². The van der Waals surface area contributed by atoms with Crippen LogP contribution in [0.5, 0.6) is 5.75 Å². The van der Waals surface area contributed by atoms with E-state index in [0.717, 1.165) is 36.9 Å². The van der Waals surface area contributed by atoms with Crippen LogP contribution in [-0.4, -0.2) is 42.3 Å². The first-order chi connectivity index (χ1) is 10.7. The molecule has 0 atom stereocenters. The number of hydrogen-bond donors (Lipinski definition) is 2. The molecule has 1 aliphatic carbocycles. The van der Waals surface area contributed by atoms with Crippen LogP contribution in [0, 0.1) is 6.92 Å². The molecule has 122 valence electrons. The Morgan fingerprint density at radius 2 is 2.09 bits per heavy atom.